The quantitative estimate of drug-likeness (QED) is 0.780. The Bertz CT molecular complexity index is 266. The second-order valence-corrected chi connectivity index (χ2v) is 7.42. The molecule has 2 rings (SSSR count). The van der Waals surface area contributed by atoms with Crippen molar-refractivity contribution in [2.75, 3.05) is 19.3 Å². The van der Waals surface area contributed by atoms with Crippen molar-refractivity contribution in [3.05, 3.63) is 0 Å². The van der Waals surface area contributed by atoms with Crippen molar-refractivity contribution in [2.45, 2.75) is 56.4 Å². The van der Waals surface area contributed by atoms with Crippen molar-refractivity contribution >= 4 is 10.8 Å². The van der Waals surface area contributed by atoms with Crippen molar-refractivity contribution in [3.8, 4) is 0 Å². The molecule has 100 valence electrons. The van der Waals surface area contributed by atoms with Gasteiger partial charge in [-0.3, -0.25) is 4.21 Å². The first kappa shape index (κ1) is 13.5. The molecule has 4 heteroatoms. The van der Waals surface area contributed by atoms with Gasteiger partial charge in [-0.15, -0.1) is 0 Å². The van der Waals surface area contributed by atoms with E-state index in [1.54, 1.807) is 6.26 Å². The van der Waals surface area contributed by atoms with E-state index in [1.165, 1.54) is 38.6 Å². The van der Waals surface area contributed by atoms with Crippen LogP contribution in [0.25, 0.3) is 0 Å². The molecular weight excluding hydrogens is 232 g/mol. The molecule has 0 radical (unpaired) electrons. The molecule has 1 aliphatic carbocycles. The third kappa shape index (κ3) is 3.52. The fourth-order valence-electron chi connectivity index (χ4n) is 3.24. The predicted octanol–water partition coefficient (Wildman–Crippen LogP) is 1.26. The van der Waals surface area contributed by atoms with E-state index in [2.05, 4.69) is 17.6 Å². The summed E-state index contributed by atoms with van der Waals surface area (Å²) >= 11 is 0. The first-order chi connectivity index (χ1) is 8.18. The van der Waals surface area contributed by atoms with Gasteiger partial charge >= 0.3 is 0 Å². The maximum atomic E-state index is 11.3. The number of rotatable bonds is 5. The highest BCUT2D eigenvalue weighted by atomic mass is 32.2. The van der Waals surface area contributed by atoms with E-state index in [4.69, 9.17) is 0 Å². The molecule has 0 amide bonds. The van der Waals surface area contributed by atoms with Gasteiger partial charge in [0.2, 0.25) is 0 Å². The summed E-state index contributed by atoms with van der Waals surface area (Å²) in [6.07, 6.45) is 8.49. The van der Waals surface area contributed by atoms with Crippen LogP contribution in [-0.4, -0.2) is 40.9 Å². The minimum absolute atomic E-state index is 0.271. The largest absolute Gasteiger partial charge is 0.314 e. The van der Waals surface area contributed by atoms with E-state index in [0.29, 0.717) is 6.04 Å². The number of nitrogens with one attached hydrogen (secondary N) is 2. The zero-order valence-electron chi connectivity index (χ0n) is 11.1. The van der Waals surface area contributed by atoms with Crippen LogP contribution in [0.4, 0.5) is 0 Å². The molecule has 1 saturated carbocycles. The molecule has 2 N–H and O–H groups in total. The molecule has 0 aromatic rings. The molecule has 1 heterocycles. The summed E-state index contributed by atoms with van der Waals surface area (Å²) in [5.74, 6) is 0.801. The van der Waals surface area contributed by atoms with E-state index >= 15 is 0 Å². The van der Waals surface area contributed by atoms with Gasteiger partial charge in [-0.05, 0) is 45.1 Å². The van der Waals surface area contributed by atoms with Crippen LogP contribution in [0.2, 0.25) is 0 Å². The summed E-state index contributed by atoms with van der Waals surface area (Å²) in [6.45, 7) is 4.17. The van der Waals surface area contributed by atoms with Crippen LogP contribution >= 0.6 is 0 Å². The van der Waals surface area contributed by atoms with Gasteiger partial charge in [-0.2, -0.15) is 0 Å². The third-order valence-corrected chi connectivity index (χ3v) is 5.72. The highest BCUT2D eigenvalue weighted by Crippen LogP contribution is 2.31. The summed E-state index contributed by atoms with van der Waals surface area (Å²) in [7, 11) is -0.702. The highest BCUT2D eigenvalue weighted by molar-refractivity contribution is 7.84. The van der Waals surface area contributed by atoms with Crippen LogP contribution in [-0.2, 0) is 10.8 Å². The first-order valence-electron chi connectivity index (χ1n) is 6.97. The zero-order chi connectivity index (χ0) is 12.3. The summed E-state index contributed by atoms with van der Waals surface area (Å²) < 4.78 is 11.3. The van der Waals surface area contributed by atoms with Crippen molar-refractivity contribution in [3.63, 3.8) is 0 Å². The summed E-state index contributed by atoms with van der Waals surface area (Å²) in [5.41, 5.74) is 0. The average Bonchev–Trinajstić information content (AvgIpc) is 2.95. The molecule has 0 aromatic carbocycles. The maximum Gasteiger partial charge on any atom is 0.0441 e. The van der Waals surface area contributed by atoms with Crippen molar-refractivity contribution in [1.29, 1.82) is 0 Å². The number of hydrogen-bond donors (Lipinski definition) is 2. The standard InChI is InChI=1S/C13H26N2OS/c1-10(17(2)16)9-15-13-6-3-5-11(13)12-7-4-8-14-12/h10-15H,3-9H2,1-2H3. The van der Waals surface area contributed by atoms with Crippen molar-refractivity contribution in [2.24, 2.45) is 5.92 Å². The maximum absolute atomic E-state index is 11.3. The molecule has 5 atom stereocenters. The van der Waals surface area contributed by atoms with Crippen LogP contribution in [0.1, 0.15) is 39.0 Å². The van der Waals surface area contributed by atoms with E-state index in [1.807, 2.05) is 0 Å². The summed E-state index contributed by atoms with van der Waals surface area (Å²) in [4.78, 5) is 0. The van der Waals surface area contributed by atoms with Crippen LogP contribution in [0.3, 0.4) is 0 Å². The second-order valence-electron chi connectivity index (χ2n) is 5.62. The lowest BCUT2D eigenvalue weighted by molar-refractivity contribution is 0.322. The van der Waals surface area contributed by atoms with E-state index in [9.17, 15) is 4.21 Å². The van der Waals surface area contributed by atoms with Gasteiger partial charge in [-0.1, -0.05) is 6.42 Å². The topological polar surface area (TPSA) is 41.1 Å². The smallest absolute Gasteiger partial charge is 0.0441 e. The lowest BCUT2D eigenvalue weighted by Crippen LogP contribution is -2.44. The van der Waals surface area contributed by atoms with Gasteiger partial charge in [-0.25, -0.2) is 0 Å². The number of hydrogen-bond acceptors (Lipinski definition) is 3. The Balaban J connectivity index is 1.80. The predicted molar refractivity (Wildman–Crippen MR) is 73.7 cm³/mol. The molecule has 2 aliphatic rings. The molecule has 0 spiro atoms. The molecule has 3 nitrogen and oxygen atoms in total. The fraction of sp³-hybridized carbons (Fsp3) is 1.00. The van der Waals surface area contributed by atoms with Gasteiger partial charge in [0.1, 0.15) is 0 Å². The Kier molecular flexibility index (Phi) is 5.00. The minimum Gasteiger partial charge on any atom is -0.314 e. The molecule has 0 bridgehead atoms. The third-order valence-electron chi connectivity index (χ3n) is 4.42. The Morgan fingerprint density at radius 1 is 1.35 bits per heavy atom. The highest BCUT2D eigenvalue weighted by Gasteiger charge is 2.34. The van der Waals surface area contributed by atoms with Crippen molar-refractivity contribution < 1.29 is 4.21 Å². The zero-order valence-corrected chi connectivity index (χ0v) is 11.9. The molecular formula is C13H26N2OS. The Labute approximate surface area is 108 Å². The molecule has 1 aliphatic heterocycles. The van der Waals surface area contributed by atoms with Gasteiger partial charge in [0.05, 0.1) is 0 Å². The minimum atomic E-state index is -0.702. The summed E-state index contributed by atoms with van der Waals surface area (Å²) in [6, 6.07) is 1.38. The van der Waals surface area contributed by atoms with Gasteiger partial charge in [0.25, 0.3) is 0 Å². The van der Waals surface area contributed by atoms with Crippen LogP contribution in [0.15, 0.2) is 0 Å². The Morgan fingerprint density at radius 3 is 2.82 bits per heavy atom. The van der Waals surface area contributed by atoms with Crippen LogP contribution in [0.5, 0.6) is 0 Å². The van der Waals surface area contributed by atoms with E-state index in [0.717, 1.165) is 18.5 Å². The normalized spacial score (nSPS) is 37.2. The van der Waals surface area contributed by atoms with Crippen molar-refractivity contribution in [1.82, 2.24) is 10.6 Å². The summed E-state index contributed by atoms with van der Waals surface area (Å²) in [5, 5.41) is 7.57. The molecule has 1 saturated heterocycles. The SMILES string of the molecule is CC(CNC1CCCC1C1CCCN1)S(C)=O. The lowest BCUT2D eigenvalue weighted by atomic mass is 9.93. The van der Waals surface area contributed by atoms with E-state index < -0.39 is 10.8 Å². The molecule has 17 heavy (non-hydrogen) atoms. The second kappa shape index (κ2) is 6.30. The monoisotopic (exact) mass is 258 g/mol. The van der Waals surface area contributed by atoms with E-state index in [-0.39, 0.29) is 5.25 Å². The first-order valence-corrected chi connectivity index (χ1v) is 8.59. The fourth-order valence-corrected chi connectivity index (χ4v) is 3.57. The average molecular weight is 258 g/mol. The van der Waals surface area contributed by atoms with Gasteiger partial charge < -0.3 is 10.6 Å². The molecule has 0 aromatic heterocycles. The molecule has 5 unspecified atom stereocenters. The van der Waals surface area contributed by atoms with Crippen LogP contribution in [0, 0.1) is 5.92 Å². The van der Waals surface area contributed by atoms with Crippen LogP contribution < -0.4 is 10.6 Å². The molecule has 2 fully saturated rings. The van der Waals surface area contributed by atoms with Gasteiger partial charge in [0, 0.05) is 40.9 Å². The Hall–Kier alpha value is 0.0700. The Morgan fingerprint density at radius 2 is 2.18 bits per heavy atom. The lowest BCUT2D eigenvalue weighted by Gasteiger charge is -2.27. The van der Waals surface area contributed by atoms with Gasteiger partial charge in [0.15, 0.2) is 0 Å².